The molecule has 2 N–H and O–H groups in total. The van der Waals surface area contributed by atoms with Crippen molar-refractivity contribution >= 4 is 11.9 Å². The number of rotatable bonds is 9. The molecule has 0 aromatic carbocycles. The molecule has 0 saturated carbocycles. The van der Waals surface area contributed by atoms with Crippen LogP contribution in [0.3, 0.4) is 0 Å². The Morgan fingerprint density at radius 3 is 2.79 bits per heavy atom. The van der Waals surface area contributed by atoms with E-state index in [1.807, 2.05) is 11.8 Å². The van der Waals surface area contributed by atoms with Crippen LogP contribution in [0, 0.1) is 0 Å². The fourth-order valence-corrected chi connectivity index (χ4v) is 2.13. The van der Waals surface area contributed by atoms with Gasteiger partial charge >= 0.3 is 5.97 Å². The van der Waals surface area contributed by atoms with Gasteiger partial charge in [-0.15, -0.1) is 0 Å². The third kappa shape index (κ3) is 7.12. The second-order valence-corrected chi connectivity index (χ2v) is 4.86. The number of hydrogen-bond donors (Lipinski definition) is 2. The van der Waals surface area contributed by atoms with Crippen molar-refractivity contribution in [3.63, 3.8) is 0 Å². The number of carboxylic acids is 1. The van der Waals surface area contributed by atoms with Crippen molar-refractivity contribution in [3.8, 4) is 0 Å². The lowest BCUT2D eigenvalue weighted by Crippen LogP contribution is -2.41. The molecule has 1 heterocycles. The first kappa shape index (κ1) is 15.9. The molecule has 0 aliphatic carbocycles. The Morgan fingerprint density at radius 2 is 2.21 bits per heavy atom. The Balaban J connectivity index is 2.22. The summed E-state index contributed by atoms with van der Waals surface area (Å²) in [4.78, 5) is 24.2. The molecule has 6 heteroatoms. The molecule has 1 unspecified atom stereocenters. The number of aliphatic carboxylic acids is 1. The van der Waals surface area contributed by atoms with Gasteiger partial charge in [-0.1, -0.05) is 6.92 Å². The van der Waals surface area contributed by atoms with Gasteiger partial charge in [-0.3, -0.25) is 14.5 Å². The van der Waals surface area contributed by atoms with E-state index < -0.39 is 5.97 Å². The summed E-state index contributed by atoms with van der Waals surface area (Å²) in [7, 11) is 0. The zero-order valence-corrected chi connectivity index (χ0v) is 11.6. The maximum atomic E-state index is 11.8. The average Bonchev–Trinajstić information content (AvgIpc) is 2.87. The predicted octanol–water partition coefficient (Wildman–Crippen LogP) is 0.468. The minimum atomic E-state index is -0.833. The number of hydrogen-bond acceptors (Lipinski definition) is 4. The third-order valence-electron chi connectivity index (χ3n) is 3.10. The molecule has 19 heavy (non-hydrogen) atoms. The lowest BCUT2D eigenvalue weighted by atomic mass is 10.2. The minimum absolute atomic E-state index is 0.0608. The zero-order valence-electron chi connectivity index (χ0n) is 11.6. The van der Waals surface area contributed by atoms with E-state index in [1.165, 1.54) is 0 Å². The molecular weight excluding hydrogens is 248 g/mol. The molecule has 0 radical (unpaired) electrons. The molecule has 110 valence electrons. The topological polar surface area (TPSA) is 78.9 Å². The maximum Gasteiger partial charge on any atom is 0.304 e. The highest BCUT2D eigenvalue weighted by Crippen LogP contribution is 2.10. The van der Waals surface area contributed by atoms with Gasteiger partial charge in [0.2, 0.25) is 5.91 Å². The van der Waals surface area contributed by atoms with E-state index in [0.29, 0.717) is 13.1 Å². The Hall–Kier alpha value is -1.14. The maximum absolute atomic E-state index is 11.8. The van der Waals surface area contributed by atoms with Gasteiger partial charge in [-0.05, 0) is 25.8 Å². The van der Waals surface area contributed by atoms with E-state index in [0.717, 1.165) is 32.4 Å². The van der Waals surface area contributed by atoms with Gasteiger partial charge in [0.15, 0.2) is 0 Å². The first-order valence-electron chi connectivity index (χ1n) is 6.94. The second kappa shape index (κ2) is 8.87. The van der Waals surface area contributed by atoms with Crippen LogP contribution in [-0.2, 0) is 14.3 Å². The highest BCUT2D eigenvalue weighted by atomic mass is 16.5. The molecule has 6 nitrogen and oxygen atoms in total. The Morgan fingerprint density at radius 1 is 1.42 bits per heavy atom. The van der Waals surface area contributed by atoms with Gasteiger partial charge in [-0.25, -0.2) is 0 Å². The van der Waals surface area contributed by atoms with E-state index in [9.17, 15) is 9.59 Å². The number of carboxylic acid groups (broad SMARTS) is 1. The monoisotopic (exact) mass is 272 g/mol. The van der Waals surface area contributed by atoms with Gasteiger partial charge in [0.1, 0.15) is 0 Å². The summed E-state index contributed by atoms with van der Waals surface area (Å²) in [5.41, 5.74) is 0. The molecule has 1 aliphatic heterocycles. The summed E-state index contributed by atoms with van der Waals surface area (Å²) < 4.78 is 5.43. The third-order valence-corrected chi connectivity index (χ3v) is 3.10. The molecule has 0 aromatic heterocycles. The molecule has 0 bridgehead atoms. The first-order chi connectivity index (χ1) is 9.11. The van der Waals surface area contributed by atoms with Crippen LogP contribution >= 0.6 is 0 Å². The lowest BCUT2D eigenvalue weighted by Gasteiger charge is -2.20. The quantitative estimate of drug-likeness (QED) is 0.638. The summed E-state index contributed by atoms with van der Waals surface area (Å²) in [6, 6.07) is 0. The van der Waals surface area contributed by atoms with Crippen molar-refractivity contribution in [3.05, 3.63) is 0 Å². The SMILES string of the molecule is CCCN(CCC(=O)O)CC(=O)NCC1CCCO1. The smallest absolute Gasteiger partial charge is 0.304 e. The van der Waals surface area contributed by atoms with Crippen molar-refractivity contribution in [1.29, 1.82) is 0 Å². The van der Waals surface area contributed by atoms with Gasteiger partial charge in [0, 0.05) is 19.7 Å². The molecular formula is C13H24N2O4. The Labute approximate surface area is 114 Å². The molecule has 0 spiro atoms. The van der Waals surface area contributed by atoms with Crippen molar-refractivity contribution in [2.45, 2.75) is 38.7 Å². The molecule has 0 aromatic rings. The number of carbonyl (C=O) groups excluding carboxylic acids is 1. The van der Waals surface area contributed by atoms with E-state index in [-0.39, 0.29) is 25.0 Å². The van der Waals surface area contributed by atoms with E-state index in [1.54, 1.807) is 0 Å². The van der Waals surface area contributed by atoms with Crippen molar-refractivity contribution < 1.29 is 19.4 Å². The Bertz CT molecular complexity index is 290. The van der Waals surface area contributed by atoms with E-state index in [2.05, 4.69) is 5.32 Å². The molecule has 1 atom stereocenters. The lowest BCUT2D eigenvalue weighted by molar-refractivity contribution is -0.137. The number of nitrogens with zero attached hydrogens (tertiary/aromatic N) is 1. The van der Waals surface area contributed by atoms with Crippen LogP contribution < -0.4 is 5.32 Å². The van der Waals surface area contributed by atoms with Crippen LogP contribution in [0.25, 0.3) is 0 Å². The average molecular weight is 272 g/mol. The molecule has 1 fully saturated rings. The van der Waals surface area contributed by atoms with Crippen LogP contribution in [-0.4, -0.2) is 60.8 Å². The molecule has 1 amide bonds. The normalized spacial score (nSPS) is 18.7. The van der Waals surface area contributed by atoms with Crippen LogP contribution in [0.4, 0.5) is 0 Å². The summed E-state index contributed by atoms with van der Waals surface area (Å²) in [6.45, 7) is 4.75. The minimum Gasteiger partial charge on any atom is -0.481 e. The number of carbonyl (C=O) groups is 2. The highest BCUT2D eigenvalue weighted by Gasteiger charge is 2.17. The second-order valence-electron chi connectivity index (χ2n) is 4.86. The molecule has 1 saturated heterocycles. The molecule has 1 rings (SSSR count). The summed E-state index contributed by atoms with van der Waals surface area (Å²) >= 11 is 0. The van der Waals surface area contributed by atoms with Crippen LogP contribution in [0.15, 0.2) is 0 Å². The fraction of sp³-hybridized carbons (Fsp3) is 0.846. The van der Waals surface area contributed by atoms with Crippen molar-refractivity contribution in [1.82, 2.24) is 10.2 Å². The first-order valence-corrected chi connectivity index (χ1v) is 6.94. The summed E-state index contributed by atoms with van der Waals surface area (Å²) in [5.74, 6) is -0.893. The van der Waals surface area contributed by atoms with Gasteiger partial charge in [0.25, 0.3) is 0 Å². The number of ether oxygens (including phenoxy) is 1. The fourth-order valence-electron chi connectivity index (χ4n) is 2.13. The van der Waals surface area contributed by atoms with Gasteiger partial charge < -0.3 is 15.2 Å². The van der Waals surface area contributed by atoms with E-state index >= 15 is 0 Å². The summed E-state index contributed by atoms with van der Waals surface area (Å²) in [6.07, 6.45) is 3.17. The standard InChI is InChI=1S/C13H24N2O4/c1-2-6-15(7-5-13(17)18)10-12(16)14-9-11-4-3-8-19-11/h11H,2-10H2,1H3,(H,14,16)(H,17,18). The van der Waals surface area contributed by atoms with Crippen LogP contribution in [0.2, 0.25) is 0 Å². The Kier molecular flexibility index (Phi) is 7.43. The van der Waals surface area contributed by atoms with Crippen molar-refractivity contribution in [2.24, 2.45) is 0 Å². The zero-order chi connectivity index (χ0) is 14.1. The number of nitrogens with one attached hydrogen (secondary N) is 1. The molecule has 1 aliphatic rings. The number of amides is 1. The summed E-state index contributed by atoms with van der Waals surface area (Å²) in [5, 5.41) is 11.5. The van der Waals surface area contributed by atoms with Crippen molar-refractivity contribution in [2.75, 3.05) is 32.8 Å². The van der Waals surface area contributed by atoms with Gasteiger partial charge in [0.05, 0.1) is 19.1 Å². The highest BCUT2D eigenvalue weighted by molar-refractivity contribution is 5.78. The van der Waals surface area contributed by atoms with Crippen LogP contribution in [0.1, 0.15) is 32.6 Å². The van der Waals surface area contributed by atoms with E-state index in [4.69, 9.17) is 9.84 Å². The largest absolute Gasteiger partial charge is 0.481 e. The predicted molar refractivity (Wildman–Crippen MR) is 71.0 cm³/mol. The van der Waals surface area contributed by atoms with Gasteiger partial charge in [-0.2, -0.15) is 0 Å². The van der Waals surface area contributed by atoms with Crippen LogP contribution in [0.5, 0.6) is 0 Å².